The third-order valence-corrected chi connectivity index (χ3v) is 0. The summed E-state index contributed by atoms with van der Waals surface area (Å²) in [7, 11) is 9.18. The summed E-state index contributed by atoms with van der Waals surface area (Å²) in [5, 5.41) is 0. The third-order valence-electron chi connectivity index (χ3n) is 0. The maximum absolute atomic E-state index is 7.50. The molecule has 0 aliphatic carbocycles. The molecule has 0 saturated heterocycles. The first-order valence-electron chi connectivity index (χ1n) is 1.60. The molecule has 0 aliphatic heterocycles. The van der Waals surface area contributed by atoms with Crippen molar-refractivity contribution in [1.29, 1.82) is 0 Å². The van der Waals surface area contributed by atoms with Crippen molar-refractivity contribution in [1.82, 2.24) is 0 Å². The van der Waals surface area contributed by atoms with Gasteiger partial charge in [-0.3, -0.25) is 0 Å². The van der Waals surface area contributed by atoms with Crippen molar-refractivity contribution >= 4 is 29.3 Å². The Morgan fingerprint density at radius 3 is 0.643 bits per heavy atom. The molecule has 74 valence electrons. The summed E-state index contributed by atoms with van der Waals surface area (Å²) in [5.74, 6) is 0. The fourth-order valence-electron chi connectivity index (χ4n) is 0. The van der Waals surface area contributed by atoms with E-state index in [-0.39, 0.29) is 0 Å². The molecule has 5 nitrogen and oxygen atoms in total. The zero-order valence-electron chi connectivity index (χ0n) is 6.21. The van der Waals surface area contributed by atoms with E-state index in [0.29, 0.717) is 0 Å². The van der Waals surface area contributed by atoms with Crippen LogP contribution in [0.2, 0.25) is 0 Å². The van der Waals surface area contributed by atoms with Crippen LogP contribution in [-0.2, 0) is 40.3 Å². The minimum atomic E-state index is -1.31. The fraction of sp³-hybridized carbons (Fsp3) is 0. The predicted molar refractivity (Wildman–Crippen MR) is 37.1 cm³/mol. The van der Waals surface area contributed by atoms with Crippen molar-refractivity contribution in [2.24, 2.45) is 0 Å². The van der Waals surface area contributed by atoms with Crippen LogP contribution >= 0.6 is 20.0 Å². The molecule has 0 radical (unpaired) electrons. The SMILES string of the molecule is [C-]#[O+].[C-]#[O+].[C-]#[O+].[C-]#[O+].[C-]#[O+].[Cl][Ge]([Cl])=[W]. The Kier molecular flexibility index (Phi) is 448. The van der Waals surface area contributed by atoms with E-state index >= 15 is 0 Å². The quantitative estimate of drug-likeness (QED) is 0.286. The Hall–Kier alpha value is 0.511. The zero-order chi connectivity index (χ0) is 13.6. The Labute approximate surface area is 102 Å². The van der Waals surface area contributed by atoms with Gasteiger partial charge in [-0.1, -0.05) is 0 Å². The van der Waals surface area contributed by atoms with Crippen LogP contribution in [0.15, 0.2) is 0 Å². The number of halogens is 2. The van der Waals surface area contributed by atoms with Gasteiger partial charge >= 0.3 is 103 Å². The average Bonchev–Trinajstić information content (AvgIpc) is 2.30. The van der Waals surface area contributed by atoms with Crippen molar-refractivity contribution in [2.45, 2.75) is 0 Å². The van der Waals surface area contributed by atoms with Crippen LogP contribution in [0.3, 0.4) is 0 Å². The molecular formula is C5Cl2GeO5W. The third kappa shape index (κ3) is 6340. The van der Waals surface area contributed by atoms with E-state index in [0.717, 1.165) is 0 Å². The van der Waals surface area contributed by atoms with Gasteiger partial charge in [0.1, 0.15) is 0 Å². The molecule has 0 rings (SSSR count). The van der Waals surface area contributed by atoms with E-state index in [9.17, 15) is 0 Å². The molecule has 0 bridgehead atoms. The van der Waals surface area contributed by atoms with Crippen LogP contribution in [0.4, 0.5) is 0 Å². The second kappa shape index (κ2) is 172. The van der Waals surface area contributed by atoms with Crippen LogP contribution < -0.4 is 0 Å². The van der Waals surface area contributed by atoms with Gasteiger partial charge < -0.3 is 0 Å². The van der Waals surface area contributed by atoms with Gasteiger partial charge in [0.2, 0.25) is 0 Å². The molecule has 0 atom stereocenters. The summed E-state index contributed by atoms with van der Waals surface area (Å²) in [5.41, 5.74) is 0. The van der Waals surface area contributed by atoms with Gasteiger partial charge in [-0.05, 0) is 0 Å². The second-order valence-corrected chi connectivity index (χ2v) is 23.0. The van der Waals surface area contributed by atoms with E-state index in [4.69, 9.17) is 43.3 Å². The first kappa shape index (κ1) is 36.6. The molecule has 14 heavy (non-hydrogen) atoms. The van der Waals surface area contributed by atoms with Crippen molar-refractivity contribution < 1.29 is 40.3 Å². The standard InChI is InChI=1S/5CO.Cl2Ge.W/c5*1-2;1-3-2;. The van der Waals surface area contributed by atoms with E-state index in [1.165, 1.54) is 17.0 Å². The van der Waals surface area contributed by atoms with Gasteiger partial charge in [-0.25, -0.2) is 0 Å². The molecule has 0 N–H and O–H groups in total. The van der Waals surface area contributed by atoms with E-state index in [1.54, 1.807) is 0 Å². The van der Waals surface area contributed by atoms with Crippen LogP contribution in [0.25, 0.3) is 0 Å². The summed E-state index contributed by atoms with van der Waals surface area (Å²) < 4.78 is 37.5. The van der Waals surface area contributed by atoms with E-state index in [1.807, 2.05) is 0 Å². The van der Waals surface area contributed by atoms with Crippen molar-refractivity contribution in [3.63, 3.8) is 0 Å². The van der Waals surface area contributed by atoms with Gasteiger partial charge in [-0.15, -0.1) is 0 Å². The summed E-state index contributed by atoms with van der Waals surface area (Å²) in [6.07, 6.45) is 0. The average molecular weight is 467 g/mol. The van der Waals surface area contributed by atoms with Crippen LogP contribution in [0.5, 0.6) is 0 Å². The normalized spacial score (nSPS) is 2.57. The fourth-order valence-corrected chi connectivity index (χ4v) is 0. The van der Waals surface area contributed by atoms with Crippen molar-refractivity contribution in [2.75, 3.05) is 0 Å². The molecule has 0 spiro atoms. The van der Waals surface area contributed by atoms with Gasteiger partial charge in [0.25, 0.3) is 0 Å². The molecule has 0 fully saturated rings. The topological polar surface area (TPSA) is 99.5 Å². The Balaban J connectivity index is -0.0000000143. The molecule has 9 heteroatoms. The number of rotatable bonds is 0. The summed E-state index contributed by atoms with van der Waals surface area (Å²) in [6.45, 7) is 22.5. The Morgan fingerprint density at radius 2 is 0.643 bits per heavy atom. The van der Waals surface area contributed by atoms with E-state index < -0.39 is 9.24 Å². The first-order chi connectivity index (χ1) is 6.73. The van der Waals surface area contributed by atoms with Gasteiger partial charge in [0.15, 0.2) is 0 Å². The van der Waals surface area contributed by atoms with Crippen LogP contribution in [0.1, 0.15) is 0 Å². The van der Waals surface area contributed by atoms with E-state index in [2.05, 4.69) is 33.3 Å². The minimum absolute atomic E-state index is 1.31. The molecule has 0 unspecified atom stereocenters. The van der Waals surface area contributed by atoms with Crippen molar-refractivity contribution in [3.05, 3.63) is 33.3 Å². The van der Waals surface area contributed by atoms with Crippen LogP contribution in [-0.4, -0.2) is 9.24 Å². The summed E-state index contributed by atoms with van der Waals surface area (Å²) in [6, 6.07) is 0. The Morgan fingerprint density at radius 1 is 0.643 bits per heavy atom. The zero-order valence-corrected chi connectivity index (χ0v) is 12.7. The molecule has 0 aromatic heterocycles. The first-order valence-corrected chi connectivity index (χ1v) is 15.6. The van der Waals surface area contributed by atoms with Gasteiger partial charge in [0.05, 0.1) is 0 Å². The molecular weight excluding hydrogens is 467 g/mol. The molecule has 0 heterocycles. The van der Waals surface area contributed by atoms with Crippen molar-refractivity contribution in [3.8, 4) is 0 Å². The Bertz CT molecular complexity index is 146. The maximum atomic E-state index is 7.50. The molecule has 0 aliphatic rings. The molecule has 0 aromatic rings. The molecule has 0 saturated carbocycles. The number of hydrogen-bond donors (Lipinski definition) is 0. The second-order valence-electron chi connectivity index (χ2n) is 0.226. The summed E-state index contributed by atoms with van der Waals surface area (Å²) >= 11 is 1.37. The molecule has 0 aromatic carbocycles. The summed E-state index contributed by atoms with van der Waals surface area (Å²) in [4.78, 5) is 0. The van der Waals surface area contributed by atoms with Gasteiger partial charge in [-0.2, -0.15) is 0 Å². The molecule has 0 amide bonds. The van der Waals surface area contributed by atoms with Crippen LogP contribution in [0, 0.1) is 33.3 Å². The number of hydrogen-bond acceptors (Lipinski definition) is 0. The van der Waals surface area contributed by atoms with Gasteiger partial charge in [0, 0.05) is 0 Å². The monoisotopic (exact) mass is 468 g/mol. The predicted octanol–water partition coefficient (Wildman–Crippen LogP) is 0.808.